The molecule has 0 fully saturated rings. The number of unbranched alkanes of at least 4 members (excludes halogenated alkanes) is 19. The van der Waals surface area contributed by atoms with E-state index in [4.69, 9.17) is 14.2 Å². The average molecular weight is 929 g/mol. The molecule has 0 bridgehead atoms. The zero-order valence-corrected chi connectivity index (χ0v) is 43.4. The number of hydrogen-bond acceptors (Lipinski definition) is 6. The van der Waals surface area contributed by atoms with Gasteiger partial charge in [-0.05, 0) is 122 Å². The van der Waals surface area contributed by atoms with Gasteiger partial charge in [-0.25, -0.2) is 0 Å². The summed E-state index contributed by atoms with van der Waals surface area (Å²) in [6.07, 6.45) is 73.6. The summed E-state index contributed by atoms with van der Waals surface area (Å²) in [4.78, 5) is 38.1. The SMILES string of the molecule is CC/C=C\C/C=C\C/C=C\CCCCCCCC(=O)OC[C@H](COC(=O)CCC/C=C\C/C=C\C/C=C\C/C=C\CCCCC)OC(=O)CCCCCCCCC/C=C\C/C=C\CCCCC. The fraction of sp³-hybridized carbons (Fsp3) is 0.656. The average Bonchev–Trinajstić information content (AvgIpc) is 3.33. The number of carbonyl (C=O) groups excluding carboxylic acids is 3. The molecule has 0 heterocycles. The molecule has 0 amide bonds. The molecule has 1 atom stereocenters. The van der Waals surface area contributed by atoms with Gasteiger partial charge in [0.05, 0.1) is 0 Å². The van der Waals surface area contributed by atoms with Crippen LogP contribution in [0.5, 0.6) is 0 Å². The summed E-state index contributed by atoms with van der Waals surface area (Å²) in [5.41, 5.74) is 0. The van der Waals surface area contributed by atoms with Gasteiger partial charge < -0.3 is 14.2 Å². The molecule has 0 aromatic heterocycles. The molecule has 0 aromatic carbocycles. The van der Waals surface area contributed by atoms with E-state index in [-0.39, 0.29) is 37.5 Å². The number of allylic oxidation sites excluding steroid dienone is 18. The zero-order chi connectivity index (χ0) is 48.6. The maximum absolute atomic E-state index is 12.8. The largest absolute Gasteiger partial charge is 0.462 e. The third kappa shape index (κ3) is 52.9. The monoisotopic (exact) mass is 929 g/mol. The van der Waals surface area contributed by atoms with E-state index in [1.165, 1.54) is 77.0 Å². The van der Waals surface area contributed by atoms with E-state index in [0.29, 0.717) is 19.3 Å². The Morgan fingerprint density at radius 1 is 0.313 bits per heavy atom. The van der Waals surface area contributed by atoms with Gasteiger partial charge in [0.15, 0.2) is 6.10 Å². The Balaban J connectivity index is 4.53. The van der Waals surface area contributed by atoms with Crippen LogP contribution in [0.15, 0.2) is 109 Å². The Kier molecular flexibility index (Phi) is 51.5. The normalized spacial score (nSPS) is 12.9. The van der Waals surface area contributed by atoms with E-state index in [0.717, 1.165) is 116 Å². The van der Waals surface area contributed by atoms with Crippen LogP contribution in [0, 0.1) is 0 Å². The standard InChI is InChI=1S/C61H100O6/c1-4-7-10-13-16-19-22-25-28-30-33-36-39-42-45-48-51-54-60(63)66-57-58(56-65-59(62)53-50-47-44-41-38-35-32-27-24-21-18-15-12-9-6-3)67-61(64)55-52-49-46-43-40-37-34-31-29-26-23-20-17-14-11-8-5-2/h9,12,16-21,25-29,32-33,36,42,45,58H,4-8,10-11,13-15,22-24,30-31,34-35,37-41,43-44,46-57H2,1-3H3/b12-9-,19-16-,20-17-,21-18-,28-25-,29-26-,32-27-,36-33-,45-42-/t58-/m1/s1. The lowest BCUT2D eigenvalue weighted by Crippen LogP contribution is -2.30. The summed E-state index contributed by atoms with van der Waals surface area (Å²) in [5.74, 6) is -0.993. The van der Waals surface area contributed by atoms with E-state index in [9.17, 15) is 14.4 Å². The predicted molar refractivity (Wildman–Crippen MR) is 288 cm³/mol. The molecule has 380 valence electrons. The number of rotatable bonds is 48. The van der Waals surface area contributed by atoms with Gasteiger partial charge in [0.25, 0.3) is 0 Å². The summed E-state index contributed by atoms with van der Waals surface area (Å²) in [5, 5.41) is 0. The fourth-order valence-corrected chi connectivity index (χ4v) is 7.13. The first-order chi connectivity index (χ1) is 33.0. The molecule has 0 unspecified atom stereocenters. The summed E-state index contributed by atoms with van der Waals surface area (Å²) in [7, 11) is 0. The van der Waals surface area contributed by atoms with Gasteiger partial charge in [-0.15, -0.1) is 0 Å². The van der Waals surface area contributed by atoms with Crippen molar-refractivity contribution in [1.29, 1.82) is 0 Å². The van der Waals surface area contributed by atoms with Gasteiger partial charge in [-0.2, -0.15) is 0 Å². The molecule has 0 rings (SSSR count). The van der Waals surface area contributed by atoms with Crippen LogP contribution < -0.4 is 0 Å². The highest BCUT2D eigenvalue weighted by molar-refractivity contribution is 5.71. The Hall–Kier alpha value is -3.93. The van der Waals surface area contributed by atoms with Crippen molar-refractivity contribution in [2.45, 2.75) is 245 Å². The molecule has 0 aliphatic rings. The van der Waals surface area contributed by atoms with Gasteiger partial charge in [-0.1, -0.05) is 207 Å². The van der Waals surface area contributed by atoms with Crippen LogP contribution in [-0.2, 0) is 28.6 Å². The van der Waals surface area contributed by atoms with Crippen LogP contribution in [0.3, 0.4) is 0 Å². The molecular formula is C61H100O6. The minimum Gasteiger partial charge on any atom is -0.462 e. The Morgan fingerprint density at radius 2 is 0.597 bits per heavy atom. The van der Waals surface area contributed by atoms with Gasteiger partial charge in [0.2, 0.25) is 0 Å². The summed E-state index contributed by atoms with van der Waals surface area (Å²) < 4.78 is 16.8. The molecule has 0 saturated carbocycles. The van der Waals surface area contributed by atoms with Crippen LogP contribution >= 0.6 is 0 Å². The number of hydrogen-bond donors (Lipinski definition) is 0. The lowest BCUT2D eigenvalue weighted by Gasteiger charge is -2.18. The highest BCUT2D eigenvalue weighted by Crippen LogP contribution is 2.13. The van der Waals surface area contributed by atoms with Gasteiger partial charge in [0, 0.05) is 19.3 Å². The van der Waals surface area contributed by atoms with Crippen molar-refractivity contribution in [3.63, 3.8) is 0 Å². The molecule has 0 saturated heterocycles. The van der Waals surface area contributed by atoms with Crippen molar-refractivity contribution < 1.29 is 28.6 Å². The first-order valence-corrected chi connectivity index (χ1v) is 27.4. The lowest BCUT2D eigenvalue weighted by atomic mass is 10.1. The van der Waals surface area contributed by atoms with E-state index < -0.39 is 6.10 Å². The molecule has 6 heteroatoms. The quantitative estimate of drug-likeness (QED) is 0.0262. The van der Waals surface area contributed by atoms with E-state index in [1.54, 1.807) is 0 Å². The topological polar surface area (TPSA) is 78.9 Å². The minimum atomic E-state index is -0.814. The van der Waals surface area contributed by atoms with Crippen LogP contribution in [0.25, 0.3) is 0 Å². The van der Waals surface area contributed by atoms with Crippen molar-refractivity contribution in [3.05, 3.63) is 109 Å². The minimum absolute atomic E-state index is 0.109. The molecule has 0 aliphatic heterocycles. The molecular weight excluding hydrogens is 829 g/mol. The van der Waals surface area contributed by atoms with Crippen LogP contribution in [0.1, 0.15) is 239 Å². The smallest absolute Gasteiger partial charge is 0.306 e. The van der Waals surface area contributed by atoms with Crippen molar-refractivity contribution >= 4 is 17.9 Å². The van der Waals surface area contributed by atoms with E-state index in [1.807, 2.05) is 0 Å². The van der Waals surface area contributed by atoms with Crippen LogP contribution in [-0.4, -0.2) is 37.2 Å². The third-order valence-electron chi connectivity index (χ3n) is 11.2. The molecule has 6 nitrogen and oxygen atoms in total. The predicted octanol–water partition coefficient (Wildman–Crippen LogP) is 18.3. The van der Waals surface area contributed by atoms with E-state index >= 15 is 0 Å². The Bertz CT molecular complexity index is 1390. The second-order valence-electron chi connectivity index (χ2n) is 17.7. The molecule has 67 heavy (non-hydrogen) atoms. The van der Waals surface area contributed by atoms with Gasteiger partial charge >= 0.3 is 17.9 Å². The van der Waals surface area contributed by atoms with Gasteiger partial charge in [-0.3, -0.25) is 14.4 Å². The number of esters is 3. The highest BCUT2D eigenvalue weighted by Gasteiger charge is 2.19. The van der Waals surface area contributed by atoms with Crippen molar-refractivity contribution in [2.24, 2.45) is 0 Å². The maximum atomic E-state index is 12.8. The molecule has 0 N–H and O–H groups in total. The maximum Gasteiger partial charge on any atom is 0.306 e. The van der Waals surface area contributed by atoms with Crippen molar-refractivity contribution in [3.8, 4) is 0 Å². The number of carbonyl (C=O) groups is 3. The van der Waals surface area contributed by atoms with Crippen LogP contribution in [0.2, 0.25) is 0 Å². The Labute approximate surface area is 412 Å². The molecule has 0 aliphatic carbocycles. The van der Waals surface area contributed by atoms with E-state index in [2.05, 4.69) is 130 Å². The Morgan fingerprint density at radius 3 is 0.970 bits per heavy atom. The lowest BCUT2D eigenvalue weighted by molar-refractivity contribution is -0.167. The first kappa shape index (κ1) is 63.1. The fourth-order valence-electron chi connectivity index (χ4n) is 7.13. The second kappa shape index (κ2) is 54.7. The number of ether oxygens (including phenoxy) is 3. The first-order valence-electron chi connectivity index (χ1n) is 27.4. The van der Waals surface area contributed by atoms with Crippen LogP contribution in [0.4, 0.5) is 0 Å². The summed E-state index contributed by atoms with van der Waals surface area (Å²) >= 11 is 0. The summed E-state index contributed by atoms with van der Waals surface area (Å²) in [6.45, 7) is 6.40. The highest BCUT2D eigenvalue weighted by atomic mass is 16.6. The summed E-state index contributed by atoms with van der Waals surface area (Å²) in [6, 6.07) is 0. The third-order valence-corrected chi connectivity index (χ3v) is 11.2. The zero-order valence-electron chi connectivity index (χ0n) is 43.4. The molecule has 0 spiro atoms. The molecule has 0 radical (unpaired) electrons. The van der Waals surface area contributed by atoms with Crippen molar-refractivity contribution in [1.82, 2.24) is 0 Å². The molecule has 0 aromatic rings. The van der Waals surface area contributed by atoms with Crippen molar-refractivity contribution in [2.75, 3.05) is 13.2 Å². The van der Waals surface area contributed by atoms with Gasteiger partial charge in [0.1, 0.15) is 13.2 Å². The second-order valence-corrected chi connectivity index (χ2v) is 17.7.